The summed E-state index contributed by atoms with van der Waals surface area (Å²) >= 11 is 0. The van der Waals surface area contributed by atoms with Gasteiger partial charge in [-0.1, -0.05) is 25.1 Å². The molecule has 3 unspecified atom stereocenters. The Hall–Kier alpha value is -0.900. The van der Waals surface area contributed by atoms with E-state index in [-0.39, 0.29) is 0 Å². The number of likely N-dealkylation sites (N-methyl/N-ethyl adjacent to an activating group) is 1. The standard InChI is InChI=1S/C17H29N3/c1-12-6-7-15(8-13(12)2)16(9-18)20-10-14(3)17(11-20)19(4)5/h6-8,14,16-17H,9-11,18H2,1-5H3. The number of hydrogen-bond donors (Lipinski definition) is 1. The van der Waals surface area contributed by atoms with Gasteiger partial charge in [0.2, 0.25) is 0 Å². The fraction of sp³-hybridized carbons (Fsp3) is 0.647. The summed E-state index contributed by atoms with van der Waals surface area (Å²) in [4.78, 5) is 4.90. The molecule has 0 aliphatic carbocycles. The highest BCUT2D eigenvalue weighted by atomic mass is 15.3. The molecular weight excluding hydrogens is 246 g/mol. The topological polar surface area (TPSA) is 32.5 Å². The molecule has 1 aromatic rings. The Morgan fingerprint density at radius 2 is 1.95 bits per heavy atom. The lowest BCUT2D eigenvalue weighted by Crippen LogP contribution is -2.36. The normalized spacial score (nSPS) is 25.4. The molecular formula is C17H29N3. The third kappa shape index (κ3) is 3.05. The van der Waals surface area contributed by atoms with Gasteiger partial charge in [0.25, 0.3) is 0 Å². The zero-order valence-electron chi connectivity index (χ0n) is 13.6. The summed E-state index contributed by atoms with van der Waals surface area (Å²) in [5, 5.41) is 0. The number of rotatable bonds is 4. The third-order valence-corrected chi connectivity index (χ3v) is 4.84. The van der Waals surface area contributed by atoms with Crippen LogP contribution in [-0.4, -0.2) is 49.6 Å². The molecule has 0 spiro atoms. The lowest BCUT2D eigenvalue weighted by Gasteiger charge is -2.28. The molecule has 3 atom stereocenters. The fourth-order valence-electron chi connectivity index (χ4n) is 3.38. The van der Waals surface area contributed by atoms with Crippen molar-refractivity contribution in [3.05, 3.63) is 34.9 Å². The SMILES string of the molecule is Cc1ccc(C(CN)N2CC(C)C(N(C)C)C2)cc1C. The summed E-state index contributed by atoms with van der Waals surface area (Å²) in [6.07, 6.45) is 0. The molecule has 1 heterocycles. The van der Waals surface area contributed by atoms with Gasteiger partial charge in [-0.05, 0) is 50.6 Å². The number of nitrogens with zero attached hydrogens (tertiary/aromatic N) is 2. The van der Waals surface area contributed by atoms with Gasteiger partial charge in [0.05, 0.1) is 0 Å². The van der Waals surface area contributed by atoms with Gasteiger partial charge in [-0.25, -0.2) is 0 Å². The van der Waals surface area contributed by atoms with Crippen molar-refractivity contribution in [2.24, 2.45) is 11.7 Å². The monoisotopic (exact) mass is 275 g/mol. The Bertz CT molecular complexity index is 456. The number of benzene rings is 1. The predicted octanol–water partition coefficient (Wildman–Crippen LogP) is 2.19. The Morgan fingerprint density at radius 3 is 2.45 bits per heavy atom. The second-order valence-corrected chi connectivity index (χ2v) is 6.56. The smallest absolute Gasteiger partial charge is 0.0471 e. The van der Waals surface area contributed by atoms with Gasteiger partial charge in [-0.15, -0.1) is 0 Å². The molecule has 1 aliphatic rings. The number of likely N-dealkylation sites (tertiary alicyclic amines) is 1. The van der Waals surface area contributed by atoms with Crippen LogP contribution >= 0.6 is 0 Å². The Morgan fingerprint density at radius 1 is 1.25 bits per heavy atom. The van der Waals surface area contributed by atoms with Crippen LogP contribution in [0.25, 0.3) is 0 Å². The van der Waals surface area contributed by atoms with Crippen molar-refractivity contribution in [2.45, 2.75) is 32.9 Å². The maximum atomic E-state index is 6.08. The first-order chi connectivity index (χ1) is 9.43. The molecule has 3 heteroatoms. The number of aryl methyl sites for hydroxylation is 2. The van der Waals surface area contributed by atoms with Crippen LogP contribution in [0.15, 0.2) is 18.2 Å². The molecule has 2 N–H and O–H groups in total. The van der Waals surface area contributed by atoms with Crippen molar-refractivity contribution < 1.29 is 0 Å². The molecule has 20 heavy (non-hydrogen) atoms. The van der Waals surface area contributed by atoms with E-state index in [1.807, 2.05) is 0 Å². The average Bonchev–Trinajstić information content (AvgIpc) is 2.77. The summed E-state index contributed by atoms with van der Waals surface area (Å²) < 4.78 is 0. The zero-order valence-corrected chi connectivity index (χ0v) is 13.6. The average molecular weight is 275 g/mol. The Kier molecular flexibility index (Phi) is 4.84. The van der Waals surface area contributed by atoms with Crippen molar-refractivity contribution >= 4 is 0 Å². The van der Waals surface area contributed by atoms with E-state index in [1.165, 1.54) is 16.7 Å². The summed E-state index contributed by atoms with van der Waals surface area (Å²) in [6, 6.07) is 7.75. The first-order valence-corrected chi connectivity index (χ1v) is 7.61. The molecule has 1 aliphatic heterocycles. The number of nitrogens with two attached hydrogens (primary N) is 1. The van der Waals surface area contributed by atoms with E-state index in [0.29, 0.717) is 24.5 Å². The molecule has 1 aromatic carbocycles. The highest BCUT2D eigenvalue weighted by molar-refractivity contribution is 5.32. The van der Waals surface area contributed by atoms with Crippen LogP contribution in [0.5, 0.6) is 0 Å². The van der Waals surface area contributed by atoms with E-state index >= 15 is 0 Å². The minimum Gasteiger partial charge on any atom is -0.329 e. The van der Waals surface area contributed by atoms with Gasteiger partial charge < -0.3 is 10.6 Å². The van der Waals surface area contributed by atoms with Gasteiger partial charge in [0.15, 0.2) is 0 Å². The molecule has 0 saturated carbocycles. The minimum absolute atomic E-state index is 0.349. The number of hydrogen-bond acceptors (Lipinski definition) is 3. The van der Waals surface area contributed by atoms with E-state index in [0.717, 1.165) is 13.1 Å². The molecule has 1 saturated heterocycles. The second kappa shape index (κ2) is 6.25. The third-order valence-electron chi connectivity index (χ3n) is 4.84. The van der Waals surface area contributed by atoms with Gasteiger partial charge in [-0.2, -0.15) is 0 Å². The van der Waals surface area contributed by atoms with E-state index in [9.17, 15) is 0 Å². The van der Waals surface area contributed by atoms with Gasteiger partial charge >= 0.3 is 0 Å². The molecule has 1 fully saturated rings. The lowest BCUT2D eigenvalue weighted by atomic mass is 10.00. The first kappa shape index (κ1) is 15.5. The van der Waals surface area contributed by atoms with E-state index in [2.05, 4.69) is 62.9 Å². The molecule has 0 radical (unpaired) electrons. The maximum Gasteiger partial charge on any atom is 0.0471 e. The largest absolute Gasteiger partial charge is 0.329 e. The van der Waals surface area contributed by atoms with Crippen molar-refractivity contribution in [1.82, 2.24) is 9.80 Å². The summed E-state index contributed by atoms with van der Waals surface area (Å²) in [7, 11) is 4.36. The van der Waals surface area contributed by atoms with Crippen LogP contribution in [0, 0.1) is 19.8 Å². The summed E-state index contributed by atoms with van der Waals surface area (Å²) in [5.41, 5.74) is 10.2. The van der Waals surface area contributed by atoms with Crippen molar-refractivity contribution in [1.29, 1.82) is 0 Å². The van der Waals surface area contributed by atoms with E-state index < -0.39 is 0 Å². The van der Waals surface area contributed by atoms with Crippen LogP contribution < -0.4 is 5.73 Å². The van der Waals surface area contributed by atoms with Crippen LogP contribution in [0.2, 0.25) is 0 Å². The van der Waals surface area contributed by atoms with Crippen LogP contribution in [-0.2, 0) is 0 Å². The Balaban J connectivity index is 2.18. The highest BCUT2D eigenvalue weighted by Crippen LogP contribution is 2.29. The minimum atomic E-state index is 0.349. The quantitative estimate of drug-likeness (QED) is 0.914. The molecule has 0 aromatic heterocycles. The van der Waals surface area contributed by atoms with E-state index in [4.69, 9.17) is 5.73 Å². The molecule has 2 rings (SSSR count). The summed E-state index contributed by atoms with van der Waals surface area (Å²) in [6.45, 7) is 9.63. The van der Waals surface area contributed by atoms with Crippen LogP contribution in [0.1, 0.15) is 29.7 Å². The fourth-order valence-corrected chi connectivity index (χ4v) is 3.38. The first-order valence-electron chi connectivity index (χ1n) is 7.61. The van der Waals surface area contributed by atoms with Crippen molar-refractivity contribution in [3.63, 3.8) is 0 Å². The Labute approximate surface area is 123 Å². The molecule has 0 bridgehead atoms. The summed E-state index contributed by atoms with van der Waals surface area (Å²) in [5.74, 6) is 0.700. The van der Waals surface area contributed by atoms with Gasteiger partial charge in [0, 0.05) is 31.7 Å². The molecule has 3 nitrogen and oxygen atoms in total. The van der Waals surface area contributed by atoms with Crippen molar-refractivity contribution in [3.8, 4) is 0 Å². The maximum absolute atomic E-state index is 6.08. The molecule has 112 valence electrons. The highest BCUT2D eigenvalue weighted by Gasteiger charge is 2.34. The van der Waals surface area contributed by atoms with Crippen molar-refractivity contribution in [2.75, 3.05) is 33.7 Å². The zero-order chi connectivity index (χ0) is 14.9. The van der Waals surface area contributed by atoms with Gasteiger partial charge in [-0.3, -0.25) is 4.90 Å². The van der Waals surface area contributed by atoms with E-state index in [1.54, 1.807) is 0 Å². The second-order valence-electron chi connectivity index (χ2n) is 6.56. The van der Waals surface area contributed by atoms with Gasteiger partial charge in [0.1, 0.15) is 0 Å². The van der Waals surface area contributed by atoms with Crippen LogP contribution in [0.4, 0.5) is 0 Å². The van der Waals surface area contributed by atoms with Crippen LogP contribution in [0.3, 0.4) is 0 Å². The predicted molar refractivity (Wildman–Crippen MR) is 85.9 cm³/mol. The lowest BCUT2D eigenvalue weighted by molar-refractivity contribution is 0.219. The molecule has 0 amide bonds.